The molecular formula is C24H34N2O3S. The number of hydrogen-bond donors (Lipinski definition) is 1. The molecule has 30 heavy (non-hydrogen) atoms. The minimum absolute atomic E-state index is 0.0376. The SMILES string of the molecule is CCc1ccc(N(CCCC(=O)NC(CC)c2ccc(C)c(C)c2)S(C)(=O)=O)cc1. The van der Waals surface area contributed by atoms with E-state index < -0.39 is 10.0 Å². The predicted octanol–water partition coefficient (Wildman–Crippen LogP) is 4.68. The second kappa shape index (κ2) is 10.6. The largest absolute Gasteiger partial charge is 0.349 e. The van der Waals surface area contributed by atoms with Gasteiger partial charge in [-0.25, -0.2) is 8.42 Å². The molecule has 0 aromatic heterocycles. The number of nitrogens with zero attached hydrogens (tertiary/aromatic N) is 1. The van der Waals surface area contributed by atoms with Crippen molar-refractivity contribution in [3.05, 3.63) is 64.7 Å². The summed E-state index contributed by atoms with van der Waals surface area (Å²) in [5, 5.41) is 3.09. The maximum Gasteiger partial charge on any atom is 0.232 e. The Labute approximate surface area is 181 Å². The number of nitrogens with one attached hydrogen (secondary N) is 1. The van der Waals surface area contributed by atoms with Gasteiger partial charge in [-0.05, 0) is 67.5 Å². The number of carbonyl (C=O) groups is 1. The summed E-state index contributed by atoms with van der Waals surface area (Å²) in [6.07, 6.45) is 3.64. The van der Waals surface area contributed by atoms with Crippen molar-refractivity contribution in [3.8, 4) is 0 Å². The summed E-state index contributed by atoms with van der Waals surface area (Å²) in [7, 11) is -3.41. The van der Waals surface area contributed by atoms with Gasteiger partial charge >= 0.3 is 0 Å². The quantitative estimate of drug-likeness (QED) is 0.595. The molecule has 0 saturated heterocycles. The fourth-order valence-electron chi connectivity index (χ4n) is 3.44. The number of aryl methyl sites for hydroxylation is 3. The number of carbonyl (C=O) groups excluding carboxylic acids is 1. The minimum atomic E-state index is -3.41. The standard InChI is InChI=1S/C24H34N2O3S/c1-6-20-11-14-22(15-12-20)26(30(5,28)29)16-8-9-24(27)25-23(7-2)21-13-10-18(3)19(4)17-21/h10-15,17,23H,6-9,16H2,1-5H3,(H,25,27). The average Bonchev–Trinajstić information content (AvgIpc) is 2.71. The Morgan fingerprint density at radius 1 is 1.03 bits per heavy atom. The van der Waals surface area contributed by atoms with Crippen molar-refractivity contribution in [1.29, 1.82) is 0 Å². The average molecular weight is 431 g/mol. The number of amides is 1. The van der Waals surface area contributed by atoms with Crippen LogP contribution in [0.5, 0.6) is 0 Å². The van der Waals surface area contributed by atoms with E-state index in [9.17, 15) is 13.2 Å². The highest BCUT2D eigenvalue weighted by atomic mass is 32.2. The van der Waals surface area contributed by atoms with Gasteiger partial charge in [0.05, 0.1) is 18.0 Å². The molecule has 0 saturated carbocycles. The molecule has 0 aliphatic carbocycles. The van der Waals surface area contributed by atoms with Gasteiger partial charge in [0.15, 0.2) is 0 Å². The smallest absolute Gasteiger partial charge is 0.232 e. The van der Waals surface area contributed by atoms with Crippen LogP contribution in [-0.2, 0) is 21.2 Å². The van der Waals surface area contributed by atoms with Crippen molar-refractivity contribution in [1.82, 2.24) is 5.32 Å². The monoisotopic (exact) mass is 430 g/mol. The van der Waals surface area contributed by atoms with Gasteiger partial charge in [-0.1, -0.05) is 44.2 Å². The van der Waals surface area contributed by atoms with Crippen LogP contribution in [0.3, 0.4) is 0 Å². The molecule has 0 spiro atoms. The zero-order valence-electron chi connectivity index (χ0n) is 18.7. The topological polar surface area (TPSA) is 66.5 Å². The zero-order valence-corrected chi connectivity index (χ0v) is 19.6. The molecule has 0 fully saturated rings. The second-order valence-electron chi connectivity index (χ2n) is 7.83. The van der Waals surface area contributed by atoms with Crippen LogP contribution in [0.25, 0.3) is 0 Å². The van der Waals surface area contributed by atoms with Crippen LogP contribution in [-0.4, -0.2) is 27.1 Å². The van der Waals surface area contributed by atoms with Gasteiger partial charge in [0, 0.05) is 13.0 Å². The molecule has 1 amide bonds. The lowest BCUT2D eigenvalue weighted by molar-refractivity contribution is -0.121. The van der Waals surface area contributed by atoms with Gasteiger partial charge in [-0.15, -0.1) is 0 Å². The van der Waals surface area contributed by atoms with Crippen molar-refractivity contribution >= 4 is 21.6 Å². The molecule has 0 heterocycles. The van der Waals surface area contributed by atoms with Gasteiger partial charge in [-0.2, -0.15) is 0 Å². The molecule has 1 unspecified atom stereocenters. The Morgan fingerprint density at radius 3 is 2.23 bits per heavy atom. The fourth-order valence-corrected chi connectivity index (χ4v) is 4.40. The summed E-state index contributed by atoms with van der Waals surface area (Å²) in [4.78, 5) is 12.5. The molecule has 2 rings (SSSR count). The van der Waals surface area contributed by atoms with Crippen molar-refractivity contribution in [3.63, 3.8) is 0 Å². The summed E-state index contributed by atoms with van der Waals surface area (Å²) in [5.41, 5.74) is 5.33. The summed E-state index contributed by atoms with van der Waals surface area (Å²) in [6, 6.07) is 13.7. The Balaban J connectivity index is 1.98. The second-order valence-corrected chi connectivity index (χ2v) is 9.74. The first-order valence-corrected chi connectivity index (χ1v) is 12.4. The van der Waals surface area contributed by atoms with Crippen LogP contribution >= 0.6 is 0 Å². The third-order valence-corrected chi connectivity index (χ3v) is 6.67. The van der Waals surface area contributed by atoms with Crippen LogP contribution in [0.4, 0.5) is 5.69 Å². The molecule has 6 heteroatoms. The van der Waals surface area contributed by atoms with Crippen LogP contribution in [0.1, 0.15) is 61.4 Å². The molecule has 164 valence electrons. The molecule has 0 aliphatic heterocycles. The summed E-state index contributed by atoms with van der Waals surface area (Å²) in [5.74, 6) is -0.0603. The van der Waals surface area contributed by atoms with E-state index in [1.54, 1.807) is 0 Å². The molecule has 2 aromatic rings. The van der Waals surface area contributed by atoms with E-state index in [0.717, 1.165) is 24.0 Å². The third kappa shape index (κ3) is 6.59. The van der Waals surface area contributed by atoms with E-state index >= 15 is 0 Å². The molecule has 1 atom stereocenters. The van der Waals surface area contributed by atoms with Crippen molar-refractivity contribution < 1.29 is 13.2 Å². The van der Waals surface area contributed by atoms with Gasteiger partial charge in [0.25, 0.3) is 0 Å². The third-order valence-electron chi connectivity index (χ3n) is 5.47. The predicted molar refractivity (Wildman–Crippen MR) is 124 cm³/mol. The maximum absolute atomic E-state index is 12.5. The van der Waals surface area contributed by atoms with Crippen molar-refractivity contribution in [2.75, 3.05) is 17.1 Å². The summed E-state index contributed by atoms with van der Waals surface area (Å²) >= 11 is 0. The minimum Gasteiger partial charge on any atom is -0.349 e. The number of hydrogen-bond acceptors (Lipinski definition) is 3. The van der Waals surface area contributed by atoms with E-state index in [2.05, 4.69) is 44.3 Å². The van der Waals surface area contributed by atoms with Crippen LogP contribution < -0.4 is 9.62 Å². The lowest BCUT2D eigenvalue weighted by atomic mass is 9.99. The lowest BCUT2D eigenvalue weighted by Crippen LogP contribution is -2.33. The molecule has 0 bridgehead atoms. The number of anilines is 1. The molecule has 2 aromatic carbocycles. The van der Waals surface area contributed by atoms with Crippen LogP contribution in [0.2, 0.25) is 0 Å². The fraction of sp³-hybridized carbons (Fsp3) is 0.458. The number of sulfonamides is 1. The van der Waals surface area contributed by atoms with E-state index in [1.807, 2.05) is 31.2 Å². The van der Waals surface area contributed by atoms with Gasteiger partial charge < -0.3 is 5.32 Å². The Bertz CT molecular complexity index is 953. The highest BCUT2D eigenvalue weighted by Crippen LogP contribution is 2.21. The maximum atomic E-state index is 12.5. The number of benzene rings is 2. The van der Waals surface area contributed by atoms with E-state index in [0.29, 0.717) is 12.1 Å². The Kier molecular flexibility index (Phi) is 8.47. The highest BCUT2D eigenvalue weighted by molar-refractivity contribution is 7.92. The summed E-state index contributed by atoms with van der Waals surface area (Å²) < 4.78 is 25.9. The summed E-state index contributed by atoms with van der Waals surface area (Å²) in [6.45, 7) is 8.52. The Morgan fingerprint density at radius 2 is 1.70 bits per heavy atom. The first-order valence-electron chi connectivity index (χ1n) is 10.6. The van der Waals surface area contributed by atoms with Gasteiger partial charge in [0.1, 0.15) is 0 Å². The lowest BCUT2D eigenvalue weighted by Gasteiger charge is -2.23. The van der Waals surface area contributed by atoms with Crippen LogP contribution in [0.15, 0.2) is 42.5 Å². The van der Waals surface area contributed by atoms with Crippen molar-refractivity contribution in [2.24, 2.45) is 0 Å². The van der Waals surface area contributed by atoms with Gasteiger partial charge in [0.2, 0.25) is 15.9 Å². The number of rotatable bonds is 10. The van der Waals surface area contributed by atoms with E-state index in [1.165, 1.54) is 21.7 Å². The molecular weight excluding hydrogens is 396 g/mol. The first kappa shape index (κ1) is 23.9. The molecule has 0 radical (unpaired) electrons. The van der Waals surface area contributed by atoms with E-state index in [-0.39, 0.29) is 24.9 Å². The Hall–Kier alpha value is -2.34. The van der Waals surface area contributed by atoms with Gasteiger partial charge in [-0.3, -0.25) is 9.10 Å². The molecule has 5 nitrogen and oxygen atoms in total. The molecule has 0 aliphatic rings. The van der Waals surface area contributed by atoms with E-state index in [4.69, 9.17) is 0 Å². The normalized spacial score (nSPS) is 12.4. The highest BCUT2D eigenvalue weighted by Gasteiger charge is 2.18. The zero-order chi connectivity index (χ0) is 22.3. The van der Waals surface area contributed by atoms with Crippen molar-refractivity contribution in [2.45, 2.75) is 59.4 Å². The molecule has 1 N–H and O–H groups in total. The van der Waals surface area contributed by atoms with Crippen LogP contribution in [0, 0.1) is 13.8 Å². The first-order chi connectivity index (χ1) is 14.2.